The first-order chi connectivity index (χ1) is 10.1. The second kappa shape index (κ2) is 7.57. The molecule has 0 aliphatic rings. The Kier molecular flexibility index (Phi) is 5.76. The van der Waals surface area contributed by atoms with Crippen LogP contribution in [0.1, 0.15) is 49.2 Å². The van der Waals surface area contributed by atoms with E-state index in [4.69, 9.17) is 11.6 Å². The van der Waals surface area contributed by atoms with Crippen LogP contribution >= 0.6 is 22.9 Å². The van der Waals surface area contributed by atoms with Gasteiger partial charge in [0.1, 0.15) is 4.88 Å². The number of nitrogens with one attached hydrogen (secondary N) is 1. The quantitative estimate of drug-likeness (QED) is 0.441. The van der Waals surface area contributed by atoms with Gasteiger partial charge in [0.2, 0.25) is 0 Å². The lowest BCUT2D eigenvalue weighted by atomic mass is 10.1. The van der Waals surface area contributed by atoms with Crippen LogP contribution in [0.4, 0.5) is 0 Å². The molecule has 0 fully saturated rings. The second-order valence-electron chi connectivity index (χ2n) is 4.99. The molecule has 0 aliphatic carbocycles. The highest BCUT2D eigenvalue weighted by atomic mass is 35.5. The molecule has 1 N–H and O–H groups in total. The van der Waals surface area contributed by atoms with Crippen molar-refractivity contribution >= 4 is 44.6 Å². The number of carbonyl (C=O) groups is 1. The summed E-state index contributed by atoms with van der Waals surface area (Å²) in [6.07, 6.45) is 4.37. The van der Waals surface area contributed by atoms with Crippen LogP contribution in [0.5, 0.6) is 0 Å². The van der Waals surface area contributed by atoms with Crippen molar-refractivity contribution in [2.24, 2.45) is 5.10 Å². The molecule has 0 radical (unpaired) electrons. The Bertz CT molecular complexity index is 663. The average molecular weight is 323 g/mol. The summed E-state index contributed by atoms with van der Waals surface area (Å²) < 4.78 is 1.01. The van der Waals surface area contributed by atoms with Crippen LogP contribution in [0.25, 0.3) is 10.1 Å². The van der Waals surface area contributed by atoms with Gasteiger partial charge in [-0.15, -0.1) is 11.3 Å². The summed E-state index contributed by atoms with van der Waals surface area (Å²) in [5, 5.41) is 5.57. The van der Waals surface area contributed by atoms with Gasteiger partial charge in [-0.05, 0) is 25.8 Å². The molecule has 0 atom stereocenters. The lowest BCUT2D eigenvalue weighted by molar-refractivity contribution is 0.0959. The standard InChI is InChI=1S/C16H19ClN2OS/c1-3-4-5-8-11(2)18-19-16(20)15-14(17)12-9-6-7-10-13(12)21-15/h6-7,9-10H,3-5,8H2,1-2H3,(H,19,20)/b18-11+. The zero-order chi connectivity index (χ0) is 15.2. The van der Waals surface area contributed by atoms with Gasteiger partial charge in [0.05, 0.1) is 5.02 Å². The first kappa shape index (κ1) is 16.0. The van der Waals surface area contributed by atoms with Crippen LogP contribution < -0.4 is 5.43 Å². The number of unbranched alkanes of at least 4 members (excludes halogenated alkanes) is 2. The van der Waals surface area contributed by atoms with E-state index in [0.717, 1.165) is 28.6 Å². The fourth-order valence-electron chi connectivity index (χ4n) is 2.04. The van der Waals surface area contributed by atoms with E-state index in [1.54, 1.807) is 0 Å². The van der Waals surface area contributed by atoms with E-state index in [2.05, 4.69) is 17.5 Å². The van der Waals surface area contributed by atoms with Gasteiger partial charge in [-0.3, -0.25) is 4.79 Å². The summed E-state index contributed by atoms with van der Waals surface area (Å²) in [4.78, 5) is 12.7. The molecular weight excluding hydrogens is 304 g/mol. The molecule has 1 aromatic carbocycles. The number of hydrogen-bond acceptors (Lipinski definition) is 3. The minimum absolute atomic E-state index is 0.240. The molecule has 2 rings (SSSR count). The zero-order valence-corrected chi connectivity index (χ0v) is 13.9. The number of hydrazone groups is 1. The van der Waals surface area contributed by atoms with Crippen molar-refractivity contribution in [1.29, 1.82) is 0 Å². The van der Waals surface area contributed by atoms with Crippen molar-refractivity contribution in [2.75, 3.05) is 0 Å². The Labute approximate surface area is 134 Å². The SMILES string of the molecule is CCCCC/C(C)=N/NC(=O)c1sc2ccccc2c1Cl. The third-order valence-electron chi connectivity index (χ3n) is 3.23. The third kappa shape index (κ3) is 4.05. The Hall–Kier alpha value is -1.39. The predicted octanol–water partition coefficient (Wildman–Crippen LogP) is 5.24. The molecule has 2 aromatic rings. The van der Waals surface area contributed by atoms with Crippen LogP contribution in [-0.2, 0) is 0 Å². The maximum Gasteiger partial charge on any atom is 0.283 e. The number of amides is 1. The molecule has 5 heteroatoms. The first-order valence-corrected chi connectivity index (χ1v) is 8.33. The molecule has 1 heterocycles. The Balaban J connectivity index is 2.05. The van der Waals surface area contributed by atoms with E-state index < -0.39 is 0 Å². The van der Waals surface area contributed by atoms with Gasteiger partial charge in [-0.1, -0.05) is 49.6 Å². The van der Waals surface area contributed by atoms with Crippen LogP contribution in [0.3, 0.4) is 0 Å². The van der Waals surface area contributed by atoms with Gasteiger partial charge >= 0.3 is 0 Å². The van der Waals surface area contributed by atoms with E-state index >= 15 is 0 Å². The van der Waals surface area contributed by atoms with Crippen molar-refractivity contribution in [1.82, 2.24) is 5.43 Å². The smallest absolute Gasteiger partial charge is 0.266 e. The number of halogens is 1. The first-order valence-electron chi connectivity index (χ1n) is 7.14. The van der Waals surface area contributed by atoms with Crippen LogP contribution in [-0.4, -0.2) is 11.6 Å². The number of benzene rings is 1. The van der Waals surface area contributed by atoms with E-state index in [9.17, 15) is 4.79 Å². The normalized spacial score (nSPS) is 11.9. The van der Waals surface area contributed by atoms with Crippen molar-refractivity contribution in [3.8, 4) is 0 Å². The topological polar surface area (TPSA) is 41.5 Å². The monoisotopic (exact) mass is 322 g/mol. The minimum Gasteiger partial charge on any atom is -0.266 e. The summed E-state index contributed by atoms with van der Waals surface area (Å²) in [5.41, 5.74) is 3.54. The average Bonchev–Trinajstić information content (AvgIpc) is 2.83. The van der Waals surface area contributed by atoms with E-state index in [-0.39, 0.29) is 5.91 Å². The second-order valence-corrected chi connectivity index (χ2v) is 6.42. The molecule has 0 spiro atoms. The van der Waals surface area contributed by atoms with Crippen molar-refractivity contribution in [2.45, 2.75) is 39.5 Å². The van der Waals surface area contributed by atoms with Gasteiger partial charge in [0, 0.05) is 15.8 Å². The largest absolute Gasteiger partial charge is 0.283 e. The van der Waals surface area contributed by atoms with Crippen LogP contribution in [0.15, 0.2) is 29.4 Å². The number of rotatable bonds is 6. The van der Waals surface area contributed by atoms with Gasteiger partial charge in [0.25, 0.3) is 5.91 Å². The highest BCUT2D eigenvalue weighted by Crippen LogP contribution is 2.34. The fourth-order valence-corrected chi connectivity index (χ4v) is 3.45. The summed E-state index contributed by atoms with van der Waals surface area (Å²) >= 11 is 7.66. The molecule has 3 nitrogen and oxygen atoms in total. The molecule has 0 bridgehead atoms. The number of hydrogen-bond donors (Lipinski definition) is 1. The van der Waals surface area contributed by atoms with E-state index in [1.165, 1.54) is 24.2 Å². The minimum atomic E-state index is -0.240. The summed E-state index contributed by atoms with van der Waals surface area (Å²) in [7, 11) is 0. The van der Waals surface area contributed by atoms with E-state index in [1.807, 2.05) is 31.2 Å². The Morgan fingerprint density at radius 2 is 2.10 bits per heavy atom. The van der Waals surface area contributed by atoms with Crippen molar-refractivity contribution in [3.05, 3.63) is 34.2 Å². The number of carbonyl (C=O) groups excluding carboxylic acids is 1. The Morgan fingerprint density at radius 1 is 1.33 bits per heavy atom. The molecule has 0 unspecified atom stereocenters. The summed E-state index contributed by atoms with van der Waals surface area (Å²) in [6, 6.07) is 7.73. The van der Waals surface area contributed by atoms with Crippen molar-refractivity contribution < 1.29 is 4.79 Å². The maximum atomic E-state index is 12.2. The van der Waals surface area contributed by atoms with Gasteiger partial charge < -0.3 is 0 Å². The summed E-state index contributed by atoms with van der Waals surface area (Å²) in [6.45, 7) is 4.10. The number of fused-ring (bicyclic) bond motifs is 1. The highest BCUT2D eigenvalue weighted by molar-refractivity contribution is 7.21. The number of thiophene rings is 1. The van der Waals surface area contributed by atoms with Crippen molar-refractivity contribution in [3.63, 3.8) is 0 Å². The van der Waals surface area contributed by atoms with Crippen LogP contribution in [0, 0.1) is 0 Å². The zero-order valence-electron chi connectivity index (χ0n) is 12.3. The molecule has 21 heavy (non-hydrogen) atoms. The predicted molar refractivity (Wildman–Crippen MR) is 91.6 cm³/mol. The molecular formula is C16H19ClN2OS. The molecule has 1 amide bonds. The maximum absolute atomic E-state index is 12.2. The van der Waals surface area contributed by atoms with Gasteiger partial charge in [0.15, 0.2) is 0 Å². The third-order valence-corrected chi connectivity index (χ3v) is 4.91. The summed E-state index contributed by atoms with van der Waals surface area (Å²) in [5.74, 6) is -0.240. The van der Waals surface area contributed by atoms with E-state index in [0.29, 0.717) is 9.90 Å². The lowest BCUT2D eigenvalue weighted by Gasteiger charge is -2.01. The molecule has 1 aromatic heterocycles. The Morgan fingerprint density at radius 3 is 2.81 bits per heavy atom. The number of nitrogens with zero attached hydrogens (tertiary/aromatic N) is 1. The van der Waals surface area contributed by atoms with Gasteiger partial charge in [-0.2, -0.15) is 5.10 Å². The highest BCUT2D eigenvalue weighted by Gasteiger charge is 2.16. The van der Waals surface area contributed by atoms with Gasteiger partial charge in [-0.25, -0.2) is 5.43 Å². The fraction of sp³-hybridized carbons (Fsp3) is 0.375. The molecule has 0 aliphatic heterocycles. The lowest BCUT2D eigenvalue weighted by Crippen LogP contribution is -2.18. The molecule has 112 valence electrons. The molecule has 0 saturated heterocycles. The van der Waals surface area contributed by atoms with Crippen LogP contribution in [0.2, 0.25) is 5.02 Å². The molecule has 0 saturated carbocycles.